The van der Waals surface area contributed by atoms with Crippen molar-refractivity contribution in [3.8, 4) is 0 Å². The number of aliphatic hydroxyl groups is 1. The van der Waals surface area contributed by atoms with Gasteiger partial charge in [0.15, 0.2) is 0 Å². The molecule has 0 aromatic rings. The van der Waals surface area contributed by atoms with E-state index >= 15 is 0 Å². The Hall–Kier alpha value is -0.210. The van der Waals surface area contributed by atoms with E-state index in [9.17, 15) is 8.42 Å². The fourth-order valence-electron chi connectivity index (χ4n) is 2.35. The first-order valence-corrected chi connectivity index (χ1v) is 8.24. The molecule has 0 bridgehead atoms. The fourth-order valence-corrected chi connectivity index (χ4v) is 3.58. The van der Waals surface area contributed by atoms with Crippen molar-refractivity contribution in [2.75, 3.05) is 53.9 Å². The summed E-state index contributed by atoms with van der Waals surface area (Å²) in [4.78, 5) is 2.28. The SMILES string of the molecule is CN1CCC(CN(C)S(=O)(=O)N(C)CCCO)CC1. The molecule has 0 atom stereocenters. The van der Waals surface area contributed by atoms with Crippen molar-refractivity contribution >= 4 is 10.2 Å². The summed E-state index contributed by atoms with van der Waals surface area (Å²) >= 11 is 0. The number of hydrogen-bond acceptors (Lipinski definition) is 4. The lowest BCUT2D eigenvalue weighted by atomic mass is 9.97. The third-order valence-electron chi connectivity index (χ3n) is 3.77. The van der Waals surface area contributed by atoms with Crippen LogP contribution in [0, 0.1) is 5.92 Å². The van der Waals surface area contributed by atoms with Crippen LogP contribution in [0.3, 0.4) is 0 Å². The Morgan fingerprint density at radius 1 is 1.21 bits per heavy atom. The predicted molar refractivity (Wildman–Crippen MR) is 76.1 cm³/mol. The van der Waals surface area contributed by atoms with Gasteiger partial charge in [0.1, 0.15) is 0 Å². The van der Waals surface area contributed by atoms with Crippen molar-refractivity contribution in [1.29, 1.82) is 0 Å². The van der Waals surface area contributed by atoms with Gasteiger partial charge < -0.3 is 10.0 Å². The topological polar surface area (TPSA) is 64.1 Å². The summed E-state index contributed by atoms with van der Waals surface area (Å²) in [7, 11) is 1.92. The summed E-state index contributed by atoms with van der Waals surface area (Å²) in [5.74, 6) is 0.446. The molecular weight excluding hydrogens is 266 g/mol. The van der Waals surface area contributed by atoms with Gasteiger partial charge in [0.25, 0.3) is 10.2 Å². The number of likely N-dealkylation sites (tertiary alicyclic amines) is 1. The highest BCUT2D eigenvalue weighted by Gasteiger charge is 2.27. The first-order valence-electron chi connectivity index (χ1n) is 6.85. The van der Waals surface area contributed by atoms with E-state index in [4.69, 9.17) is 5.11 Å². The molecule has 0 unspecified atom stereocenters. The molecule has 1 N–H and O–H groups in total. The van der Waals surface area contributed by atoms with Gasteiger partial charge in [0, 0.05) is 33.8 Å². The van der Waals surface area contributed by atoms with Gasteiger partial charge in [-0.25, -0.2) is 0 Å². The van der Waals surface area contributed by atoms with E-state index in [-0.39, 0.29) is 6.61 Å². The Morgan fingerprint density at radius 2 is 1.79 bits per heavy atom. The average Bonchev–Trinajstić information content (AvgIpc) is 2.38. The van der Waals surface area contributed by atoms with E-state index in [0.717, 1.165) is 25.9 Å². The molecule has 114 valence electrons. The molecule has 0 spiro atoms. The van der Waals surface area contributed by atoms with Crippen molar-refractivity contribution in [3.63, 3.8) is 0 Å². The third-order valence-corrected chi connectivity index (χ3v) is 5.68. The molecule has 1 aliphatic heterocycles. The second kappa shape index (κ2) is 7.54. The largest absolute Gasteiger partial charge is 0.396 e. The zero-order chi connectivity index (χ0) is 14.5. The van der Waals surface area contributed by atoms with Gasteiger partial charge in [-0.15, -0.1) is 0 Å². The minimum Gasteiger partial charge on any atom is -0.396 e. The zero-order valence-corrected chi connectivity index (χ0v) is 13.1. The van der Waals surface area contributed by atoms with Crippen LogP contribution < -0.4 is 0 Å². The number of rotatable bonds is 7. The highest BCUT2D eigenvalue weighted by molar-refractivity contribution is 7.86. The molecule has 1 fully saturated rings. The molecule has 0 saturated carbocycles. The first-order chi connectivity index (χ1) is 8.87. The molecule has 0 aliphatic carbocycles. The lowest BCUT2D eigenvalue weighted by Gasteiger charge is -2.32. The van der Waals surface area contributed by atoms with E-state index < -0.39 is 10.2 Å². The van der Waals surface area contributed by atoms with E-state index in [1.54, 1.807) is 14.1 Å². The first kappa shape index (κ1) is 16.8. The normalized spacial score (nSPS) is 19.5. The maximum Gasteiger partial charge on any atom is 0.281 e. The van der Waals surface area contributed by atoms with Crippen molar-refractivity contribution in [2.45, 2.75) is 19.3 Å². The van der Waals surface area contributed by atoms with Crippen LogP contribution in [-0.4, -0.2) is 81.0 Å². The summed E-state index contributed by atoms with van der Waals surface area (Å²) in [6.07, 6.45) is 2.57. The maximum absolute atomic E-state index is 12.2. The summed E-state index contributed by atoms with van der Waals surface area (Å²) < 4.78 is 27.2. The summed E-state index contributed by atoms with van der Waals surface area (Å²) in [5, 5.41) is 8.77. The van der Waals surface area contributed by atoms with Crippen molar-refractivity contribution in [3.05, 3.63) is 0 Å². The molecule has 1 heterocycles. The second-order valence-electron chi connectivity index (χ2n) is 5.43. The van der Waals surface area contributed by atoms with Crippen LogP contribution in [0.15, 0.2) is 0 Å². The third kappa shape index (κ3) is 5.00. The molecule has 0 amide bonds. The minimum atomic E-state index is -3.38. The lowest BCUT2D eigenvalue weighted by molar-refractivity contribution is 0.199. The molecule has 0 aromatic heterocycles. The van der Waals surface area contributed by atoms with Crippen LogP contribution in [0.25, 0.3) is 0 Å². The van der Waals surface area contributed by atoms with Gasteiger partial charge >= 0.3 is 0 Å². The van der Waals surface area contributed by atoms with Crippen LogP contribution in [-0.2, 0) is 10.2 Å². The number of piperidine rings is 1. The molecule has 1 aliphatic rings. The van der Waals surface area contributed by atoms with Gasteiger partial charge in [-0.05, 0) is 45.3 Å². The maximum atomic E-state index is 12.2. The Morgan fingerprint density at radius 3 is 2.32 bits per heavy atom. The van der Waals surface area contributed by atoms with Crippen LogP contribution in [0.2, 0.25) is 0 Å². The van der Waals surface area contributed by atoms with Crippen molar-refractivity contribution in [2.24, 2.45) is 5.92 Å². The van der Waals surface area contributed by atoms with Crippen LogP contribution in [0.1, 0.15) is 19.3 Å². The Balaban J connectivity index is 2.49. The summed E-state index contributed by atoms with van der Waals surface area (Å²) in [5.41, 5.74) is 0. The van der Waals surface area contributed by atoms with E-state index in [1.807, 2.05) is 0 Å². The van der Waals surface area contributed by atoms with Gasteiger partial charge in [-0.1, -0.05) is 0 Å². The molecular formula is C12H27N3O3S. The Kier molecular flexibility index (Phi) is 6.68. The van der Waals surface area contributed by atoms with Crippen molar-refractivity contribution < 1.29 is 13.5 Å². The number of aliphatic hydroxyl groups excluding tert-OH is 1. The number of nitrogens with zero attached hydrogens (tertiary/aromatic N) is 3. The smallest absolute Gasteiger partial charge is 0.281 e. The lowest BCUT2D eigenvalue weighted by Crippen LogP contribution is -2.44. The molecule has 1 saturated heterocycles. The standard InChI is InChI=1S/C12H27N3O3S/c1-13-8-5-12(6-9-13)11-15(3)19(17,18)14(2)7-4-10-16/h12,16H,4-11H2,1-3H3. The molecule has 0 radical (unpaired) electrons. The molecule has 1 rings (SSSR count). The van der Waals surface area contributed by atoms with Crippen LogP contribution >= 0.6 is 0 Å². The fraction of sp³-hybridized carbons (Fsp3) is 1.00. The predicted octanol–water partition coefficient (Wildman–Crippen LogP) is -0.181. The van der Waals surface area contributed by atoms with Gasteiger partial charge in [0.2, 0.25) is 0 Å². The monoisotopic (exact) mass is 293 g/mol. The van der Waals surface area contributed by atoms with Gasteiger partial charge in [-0.2, -0.15) is 17.0 Å². The van der Waals surface area contributed by atoms with Crippen molar-refractivity contribution in [1.82, 2.24) is 13.5 Å². The summed E-state index contributed by atoms with van der Waals surface area (Å²) in [6, 6.07) is 0. The Bertz CT molecular complexity index is 353. The second-order valence-corrected chi connectivity index (χ2v) is 7.58. The number of hydrogen-bond donors (Lipinski definition) is 1. The highest BCUT2D eigenvalue weighted by atomic mass is 32.2. The van der Waals surface area contributed by atoms with Crippen LogP contribution in [0.4, 0.5) is 0 Å². The Labute approximate surface area is 117 Å². The molecule has 7 heteroatoms. The van der Waals surface area contributed by atoms with Gasteiger partial charge in [-0.3, -0.25) is 0 Å². The quantitative estimate of drug-likeness (QED) is 0.707. The highest BCUT2D eigenvalue weighted by Crippen LogP contribution is 2.18. The average molecular weight is 293 g/mol. The summed E-state index contributed by atoms with van der Waals surface area (Å²) in [6.45, 7) is 3.03. The van der Waals surface area contributed by atoms with E-state index in [0.29, 0.717) is 25.4 Å². The van der Waals surface area contributed by atoms with E-state index in [2.05, 4.69) is 11.9 Å². The molecule has 6 nitrogen and oxygen atoms in total. The van der Waals surface area contributed by atoms with Gasteiger partial charge in [0.05, 0.1) is 0 Å². The minimum absolute atomic E-state index is 0.0124. The zero-order valence-electron chi connectivity index (χ0n) is 12.2. The molecule has 0 aromatic carbocycles. The molecule has 19 heavy (non-hydrogen) atoms. The van der Waals surface area contributed by atoms with E-state index in [1.165, 1.54) is 8.61 Å². The van der Waals surface area contributed by atoms with Crippen LogP contribution in [0.5, 0.6) is 0 Å².